The first kappa shape index (κ1) is 27.9. The Balaban J connectivity index is 1.11. The Kier molecular flexibility index (Phi) is 11.1. The van der Waals surface area contributed by atoms with Crippen LogP contribution in [-0.2, 0) is 4.79 Å². The molecule has 3 aliphatic rings. The SMILES string of the molecule is Nc1cc(N2CCN(CCC(=O)O)CC2)nc(NC[C@H]2CC[C@@H](NCCCNC3CCCCC3)CC2)n1. The predicted molar refractivity (Wildman–Crippen MR) is 149 cm³/mol. The lowest BCUT2D eigenvalue weighted by Crippen LogP contribution is -2.47. The molecular weight excluding hydrogens is 468 g/mol. The first-order valence-electron chi connectivity index (χ1n) is 14.6. The number of carbonyl (C=O) groups is 1. The normalized spacial score (nSPS) is 23.7. The van der Waals surface area contributed by atoms with Gasteiger partial charge in [-0.3, -0.25) is 9.69 Å². The molecule has 10 heteroatoms. The summed E-state index contributed by atoms with van der Waals surface area (Å²) >= 11 is 0. The number of nitrogen functional groups attached to an aromatic ring is 1. The van der Waals surface area contributed by atoms with E-state index in [1.54, 1.807) is 0 Å². The van der Waals surface area contributed by atoms with Gasteiger partial charge in [0, 0.05) is 57.4 Å². The second-order valence-electron chi connectivity index (χ2n) is 11.1. The summed E-state index contributed by atoms with van der Waals surface area (Å²) in [5, 5.41) is 19.9. The van der Waals surface area contributed by atoms with Crippen molar-refractivity contribution in [3.05, 3.63) is 6.07 Å². The number of piperazine rings is 1. The molecule has 0 amide bonds. The number of carboxylic acid groups (broad SMARTS) is 1. The summed E-state index contributed by atoms with van der Waals surface area (Å²) in [7, 11) is 0. The van der Waals surface area contributed by atoms with Gasteiger partial charge >= 0.3 is 5.97 Å². The zero-order valence-electron chi connectivity index (χ0n) is 22.5. The summed E-state index contributed by atoms with van der Waals surface area (Å²) in [6, 6.07) is 3.24. The van der Waals surface area contributed by atoms with Crippen LogP contribution in [-0.4, -0.2) is 90.4 Å². The smallest absolute Gasteiger partial charge is 0.304 e. The molecule has 6 N–H and O–H groups in total. The van der Waals surface area contributed by atoms with Gasteiger partial charge in [0.2, 0.25) is 5.95 Å². The van der Waals surface area contributed by atoms with Crippen LogP contribution in [0.25, 0.3) is 0 Å². The third-order valence-electron chi connectivity index (χ3n) is 8.29. The molecule has 0 radical (unpaired) electrons. The van der Waals surface area contributed by atoms with Crippen molar-refractivity contribution in [1.82, 2.24) is 25.5 Å². The highest BCUT2D eigenvalue weighted by atomic mass is 16.4. The number of nitrogens with one attached hydrogen (secondary N) is 3. The minimum Gasteiger partial charge on any atom is -0.481 e. The minimum atomic E-state index is -0.746. The number of carboxylic acids is 1. The fraction of sp³-hybridized carbons (Fsp3) is 0.815. The van der Waals surface area contributed by atoms with E-state index in [0.717, 1.165) is 57.7 Å². The van der Waals surface area contributed by atoms with Gasteiger partial charge in [-0.25, -0.2) is 0 Å². The molecule has 0 atom stereocenters. The van der Waals surface area contributed by atoms with Crippen LogP contribution in [0, 0.1) is 5.92 Å². The molecule has 1 saturated heterocycles. The first-order chi connectivity index (χ1) is 18.0. The Labute approximate surface area is 222 Å². The molecule has 1 aliphatic heterocycles. The van der Waals surface area contributed by atoms with E-state index in [2.05, 4.69) is 30.7 Å². The van der Waals surface area contributed by atoms with Crippen LogP contribution < -0.4 is 26.6 Å². The van der Waals surface area contributed by atoms with Gasteiger partial charge in [0.25, 0.3) is 0 Å². The minimum absolute atomic E-state index is 0.185. The zero-order chi connectivity index (χ0) is 25.9. The Morgan fingerprint density at radius 1 is 0.946 bits per heavy atom. The highest BCUT2D eigenvalue weighted by Crippen LogP contribution is 2.25. The van der Waals surface area contributed by atoms with Crippen LogP contribution in [0.1, 0.15) is 70.6 Å². The van der Waals surface area contributed by atoms with Gasteiger partial charge in [0.15, 0.2) is 0 Å². The highest BCUT2D eigenvalue weighted by molar-refractivity contribution is 5.66. The van der Waals surface area contributed by atoms with Gasteiger partial charge in [-0.05, 0) is 64.0 Å². The van der Waals surface area contributed by atoms with Gasteiger partial charge in [-0.1, -0.05) is 19.3 Å². The third kappa shape index (κ3) is 9.57. The molecule has 0 bridgehead atoms. The Morgan fingerprint density at radius 3 is 2.30 bits per heavy atom. The Bertz CT molecular complexity index is 819. The first-order valence-corrected chi connectivity index (χ1v) is 14.6. The second kappa shape index (κ2) is 14.7. The van der Waals surface area contributed by atoms with Gasteiger partial charge in [0.1, 0.15) is 11.6 Å². The summed E-state index contributed by atoms with van der Waals surface area (Å²) in [4.78, 5) is 24.4. The van der Waals surface area contributed by atoms with Crippen LogP contribution >= 0.6 is 0 Å². The molecule has 3 fully saturated rings. The highest BCUT2D eigenvalue weighted by Gasteiger charge is 2.22. The van der Waals surface area contributed by atoms with Crippen LogP contribution in [0.5, 0.6) is 0 Å². The van der Waals surface area contributed by atoms with Crippen LogP contribution in [0.2, 0.25) is 0 Å². The summed E-state index contributed by atoms with van der Waals surface area (Å²) in [5.41, 5.74) is 6.11. The van der Waals surface area contributed by atoms with Crippen LogP contribution in [0.15, 0.2) is 6.07 Å². The summed E-state index contributed by atoms with van der Waals surface area (Å²) < 4.78 is 0. The van der Waals surface area contributed by atoms with Crippen LogP contribution in [0.4, 0.5) is 17.6 Å². The molecular formula is C27H48N8O2. The van der Waals surface area contributed by atoms with Gasteiger partial charge in [-0.15, -0.1) is 0 Å². The second-order valence-corrected chi connectivity index (χ2v) is 11.1. The Hall–Kier alpha value is -2.17. The average molecular weight is 517 g/mol. The quantitative estimate of drug-likeness (QED) is 0.249. The topological polar surface area (TPSA) is 132 Å². The number of aromatic nitrogens is 2. The van der Waals surface area contributed by atoms with E-state index in [4.69, 9.17) is 15.8 Å². The fourth-order valence-electron chi connectivity index (χ4n) is 5.96. The molecule has 2 heterocycles. The maximum atomic E-state index is 10.8. The summed E-state index contributed by atoms with van der Waals surface area (Å²) in [6.07, 6.45) is 13.2. The fourth-order valence-corrected chi connectivity index (χ4v) is 5.96. The molecule has 1 aromatic heterocycles. The van der Waals surface area contributed by atoms with E-state index in [9.17, 15) is 4.79 Å². The number of rotatable bonds is 13. The third-order valence-corrected chi connectivity index (χ3v) is 8.29. The maximum absolute atomic E-state index is 10.8. The van der Waals surface area contributed by atoms with Gasteiger partial charge < -0.3 is 31.7 Å². The lowest BCUT2D eigenvalue weighted by molar-refractivity contribution is -0.137. The number of anilines is 3. The standard InChI is InChI=1S/C27H48N8O2/c28-24-19-25(35-17-15-34(16-18-35)14-11-26(36)37)33-27(32-24)31-20-21-7-9-23(10-8-21)30-13-4-12-29-22-5-2-1-3-6-22/h19,21-23,29-30H,1-18,20H2,(H,36,37)(H3,28,31,32,33)/t21-,23+. The zero-order valence-corrected chi connectivity index (χ0v) is 22.5. The Morgan fingerprint density at radius 2 is 1.62 bits per heavy atom. The van der Waals surface area contributed by atoms with E-state index in [0.29, 0.717) is 30.3 Å². The molecule has 2 aliphatic carbocycles. The van der Waals surface area contributed by atoms with Crippen LogP contribution in [0.3, 0.4) is 0 Å². The molecule has 10 nitrogen and oxygen atoms in total. The van der Waals surface area contributed by atoms with E-state index in [-0.39, 0.29) is 6.42 Å². The largest absolute Gasteiger partial charge is 0.481 e. The van der Waals surface area contributed by atoms with E-state index >= 15 is 0 Å². The van der Waals surface area contributed by atoms with Gasteiger partial charge in [0.05, 0.1) is 6.42 Å². The van der Waals surface area contributed by atoms with E-state index in [1.807, 2.05) is 6.07 Å². The molecule has 37 heavy (non-hydrogen) atoms. The monoisotopic (exact) mass is 516 g/mol. The van der Waals surface area contributed by atoms with Crippen molar-refractivity contribution in [2.45, 2.75) is 82.7 Å². The van der Waals surface area contributed by atoms with Gasteiger partial charge in [-0.2, -0.15) is 9.97 Å². The number of nitrogens with zero attached hydrogens (tertiary/aromatic N) is 4. The molecule has 1 aromatic rings. The van der Waals surface area contributed by atoms with Crippen molar-refractivity contribution in [1.29, 1.82) is 0 Å². The summed E-state index contributed by atoms with van der Waals surface area (Å²) in [6.45, 7) is 7.00. The predicted octanol–water partition coefficient (Wildman–Crippen LogP) is 2.53. The molecule has 4 rings (SSSR count). The van der Waals surface area contributed by atoms with Crippen molar-refractivity contribution in [3.63, 3.8) is 0 Å². The maximum Gasteiger partial charge on any atom is 0.304 e. The molecule has 0 spiro atoms. The van der Waals surface area contributed by atoms with Crippen molar-refractivity contribution >= 4 is 23.6 Å². The van der Waals surface area contributed by atoms with E-state index < -0.39 is 5.97 Å². The number of hydrogen-bond donors (Lipinski definition) is 5. The number of nitrogens with two attached hydrogens (primary N) is 1. The molecule has 2 saturated carbocycles. The lowest BCUT2D eigenvalue weighted by atomic mass is 9.86. The van der Waals surface area contributed by atoms with Crippen molar-refractivity contribution in [3.8, 4) is 0 Å². The molecule has 208 valence electrons. The number of aliphatic carboxylic acids is 1. The molecule has 0 aromatic carbocycles. The van der Waals surface area contributed by atoms with Crippen molar-refractivity contribution in [2.75, 3.05) is 68.3 Å². The average Bonchev–Trinajstić information content (AvgIpc) is 2.92. The van der Waals surface area contributed by atoms with Crippen molar-refractivity contribution in [2.24, 2.45) is 5.92 Å². The summed E-state index contributed by atoms with van der Waals surface area (Å²) in [5.74, 6) is 1.82. The lowest BCUT2D eigenvalue weighted by Gasteiger charge is -2.35. The van der Waals surface area contributed by atoms with E-state index in [1.165, 1.54) is 64.2 Å². The number of hydrogen-bond acceptors (Lipinski definition) is 9. The molecule has 0 unspecified atom stereocenters. The van der Waals surface area contributed by atoms with Crippen molar-refractivity contribution < 1.29 is 9.90 Å².